The Morgan fingerprint density at radius 2 is 1.86 bits per heavy atom. The van der Waals surface area contributed by atoms with E-state index in [2.05, 4.69) is 24.4 Å². The van der Waals surface area contributed by atoms with E-state index in [1.54, 1.807) is 19.2 Å². The zero-order chi connectivity index (χ0) is 15.1. The van der Waals surface area contributed by atoms with Crippen LogP contribution in [-0.2, 0) is 12.8 Å². The highest BCUT2D eigenvalue weighted by Crippen LogP contribution is 2.11. The summed E-state index contributed by atoms with van der Waals surface area (Å²) in [6.07, 6.45) is 1.80. The van der Waals surface area contributed by atoms with Crippen molar-refractivity contribution in [2.45, 2.75) is 25.8 Å². The first-order chi connectivity index (χ1) is 10.2. The number of ether oxygens (including phenoxy) is 1. The Morgan fingerprint density at radius 1 is 1.10 bits per heavy atom. The Balaban J connectivity index is 1.74. The van der Waals surface area contributed by atoms with Gasteiger partial charge >= 0.3 is 0 Å². The molecule has 112 valence electrons. The van der Waals surface area contributed by atoms with E-state index in [4.69, 9.17) is 4.74 Å². The van der Waals surface area contributed by atoms with Crippen LogP contribution in [0.4, 0.5) is 4.39 Å². The molecule has 0 heterocycles. The van der Waals surface area contributed by atoms with Crippen LogP contribution in [0.2, 0.25) is 0 Å². The Bertz CT molecular complexity index is 553. The van der Waals surface area contributed by atoms with E-state index in [1.165, 1.54) is 11.6 Å². The molecule has 1 unspecified atom stereocenters. The maximum atomic E-state index is 13.1. The molecule has 0 bridgehead atoms. The zero-order valence-electron chi connectivity index (χ0n) is 12.6. The molecule has 0 amide bonds. The maximum absolute atomic E-state index is 13.1. The highest BCUT2D eigenvalue weighted by Gasteiger charge is 2.04. The van der Waals surface area contributed by atoms with E-state index in [-0.39, 0.29) is 5.82 Å². The number of rotatable bonds is 7. The lowest BCUT2D eigenvalue weighted by Crippen LogP contribution is -2.30. The van der Waals surface area contributed by atoms with Crippen molar-refractivity contribution < 1.29 is 9.13 Å². The SMILES string of the molecule is COc1ccc(CCNC(C)Cc2cccc(F)c2)cc1. The summed E-state index contributed by atoms with van der Waals surface area (Å²) in [5.74, 6) is 0.712. The topological polar surface area (TPSA) is 21.3 Å². The molecule has 1 N–H and O–H groups in total. The highest BCUT2D eigenvalue weighted by atomic mass is 19.1. The van der Waals surface area contributed by atoms with Gasteiger partial charge < -0.3 is 10.1 Å². The van der Waals surface area contributed by atoms with Crippen LogP contribution in [0.3, 0.4) is 0 Å². The number of methoxy groups -OCH3 is 1. The largest absolute Gasteiger partial charge is 0.497 e. The van der Waals surface area contributed by atoms with Crippen molar-refractivity contribution in [3.63, 3.8) is 0 Å². The number of hydrogen-bond donors (Lipinski definition) is 1. The van der Waals surface area contributed by atoms with Crippen molar-refractivity contribution >= 4 is 0 Å². The smallest absolute Gasteiger partial charge is 0.123 e. The van der Waals surface area contributed by atoms with E-state index in [9.17, 15) is 4.39 Å². The van der Waals surface area contributed by atoms with Gasteiger partial charge in [0, 0.05) is 6.04 Å². The van der Waals surface area contributed by atoms with Crippen molar-refractivity contribution in [3.8, 4) is 5.75 Å². The van der Waals surface area contributed by atoms with Gasteiger partial charge in [-0.3, -0.25) is 0 Å². The molecular weight excluding hydrogens is 265 g/mol. The van der Waals surface area contributed by atoms with Gasteiger partial charge in [0.25, 0.3) is 0 Å². The summed E-state index contributed by atoms with van der Waals surface area (Å²) in [6, 6.07) is 15.2. The fourth-order valence-corrected chi connectivity index (χ4v) is 2.34. The molecule has 0 aliphatic heterocycles. The first-order valence-corrected chi connectivity index (χ1v) is 7.28. The Morgan fingerprint density at radius 3 is 2.52 bits per heavy atom. The highest BCUT2D eigenvalue weighted by molar-refractivity contribution is 5.27. The van der Waals surface area contributed by atoms with Gasteiger partial charge in [0.15, 0.2) is 0 Å². The van der Waals surface area contributed by atoms with Crippen LogP contribution in [0.15, 0.2) is 48.5 Å². The summed E-state index contributed by atoms with van der Waals surface area (Å²) >= 11 is 0. The van der Waals surface area contributed by atoms with Gasteiger partial charge in [-0.15, -0.1) is 0 Å². The minimum Gasteiger partial charge on any atom is -0.497 e. The summed E-state index contributed by atoms with van der Waals surface area (Å²) in [4.78, 5) is 0. The lowest BCUT2D eigenvalue weighted by atomic mass is 10.1. The normalized spacial score (nSPS) is 12.1. The minimum absolute atomic E-state index is 0.169. The van der Waals surface area contributed by atoms with Gasteiger partial charge in [-0.25, -0.2) is 4.39 Å². The van der Waals surface area contributed by atoms with Crippen molar-refractivity contribution in [2.75, 3.05) is 13.7 Å². The molecular formula is C18H22FNO. The summed E-state index contributed by atoms with van der Waals surface area (Å²) in [5.41, 5.74) is 2.31. The van der Waals surface area contributed by atoms with E-state index in [1.807, 2.05) is 18.2 Å². The van der Waals surface area contributed by atoms with Crippen molar-refractivity contribution in [3.05, 3.63) is 65.5 Å². The second-order valence-electron chi connectivity index (χ2n) is 5.29. The zero-order valence-corrected chi connectivity index (χ0v) is 12.6. The molecule has 1 atom stereocenters. The van der Waals surface area contributed by atoms with Crippen LogP contribution in [0.1, 0.15) is 18.1 Å². The summed E-state index contributed by atoms with van der Waals surface area (Å²) in [6.45, 7) is 3.03. The fourth-order valence-electron chi connectivity index (χ4n) is 2.34. The molecule has 0 aliphatic carbocycles. The molecule has 2 aromatic rings. The molecule has 21 heavy (non-hydrogen) atoms. The van der Waals surface area contributed by atoms with Gasteiger partial charge in [-0.1, -0.05) is 24.3 Å². The fraction of sp³-hybridized carbons (Fsp3) is 0.333. The molecule has 2 rings (SSSR count). The standard InChI is InChI=1S/C18H22FNO/c1-14(12-16-4-3-5-17(19)13-16)20-11-10-15-6-8-18(21-2)9-7-15/h3-9,13-14,20H,10-12H2,1-2H3. The third-order valence-corrected chi connectivity index (χ3v) is 3.50. The molecule has 0 aliphatic rings. The molecule has 0 aromatic heterocycles. The minimum atomic E-state index is -0.169. The number of benzene rings is 2. The first-order valence-electron chi connectivity index (χ1n) is 7.28. The van der Waals surface area contributed by atoms with Crippen molar-refractivity contribution in [2.24, 2.45) is 0 Å². The van der Waals surface area contributed by atoms with E-state index >= 15 is 0 Å². The van der Waals surface area contributed by atoms with Crippen LogP contribution in [0, 0.1) is 5.82 Å². The van der Waals surface area contributed by atoms with E-state index in [0.29, 0.717) is 6.04 Å². The Hall–Kier alpha value is -1.87. The molecule has 0 spiro atoms. The monoisotopic (exact) mass is 287 g/mol. The van der Waals surface area contributed by atoms with E-state index in [0.717, 1.165) is 30.7 Å². The molecule has 0 saturated heterocycles. The molecule has 2 nitrogen and oxygen atoms in total. The van der Waals surface area contributed by atoms with Crippen LogP contribution in [0.25, 0.3) is 0 Å². The van der Waals surface area contributed by atoms with Crippen LogP contribution >= 0.6 is 0 Å². The van der Waals surface area contributed by atoms with Crippen molar-refractivity contribution in [1.29, 1.82) is 0 Å². The second kappa shape index (κ2) is 7.79. The number of nitrogens with one attached hydrogen (secondary N) is 1. The quantitative estimate of drug-likeness (QED) is 0.840. The van der Waals surface area contributed by atoms with Gasteiger partial charge in [0.05, 0.1) is 7.11 Å². The Labute approximate surface area is 126 Å². The van der Waals surface area contributed by atoms with Gasteiger partial charge in [-0.05, 0) is 61.7 Å². The average Bonchev–Trinajstić information content (AvgIpc) is 2.48. The molecule has 0 radical (unpaired) electrons. The Kier molecular flexibility index (Phi) is 5.76. The molecule has 2 aromatic carbocycles. The lowest BCUT2D eigenvalue weighted by Gasteiger charge is -2.14. The summed E-state index contributed by atoms with van der Waals surface area (Å²) < 4.78 is 18.3. The summed E-state index contributed by atoms with van der Waals surface area (Å²) in [5, 5.41) is 3.47. The molecule has 0 fully saturated rings. The van der Waals surface area contributed by atoms with Gasteiger partial charge in [0.2, 0.25) is 0 Å². The first kappa shape index (κ1) is 15.5. The van der Waals surface area contributed by atoms with Crippen LogP contribution < -0.4 is 10.1 Å². The third kappa shape index (κ3) is 5.20. The summed E-state index contributed by atoms with van der Waals surface area (Å²) in [7, 11) is 1.67. The lowest BCUT2D eigenvalue weighted by molar-refractivity contribution is 0.414. The third-order valence-electron chi connectivity index (χ3n) is 3.50. The van der Waals surface area contributed by atoms with Gasteiger partial charge in [0.1, 0.15) is 11.6 Å². The van der Waals surface area contributed by atoms with E-state index < -0.39 is 0 Å². The van der Waals surface area contributed by atoms with Crippen LogP contribution in [0.5, 0.6) is 5.75 Å². The van der Waals surface area contributed by atoms with Gasteiger partial charge in [-0.2, -0.15) is 0 Å². The second-order valence-corrected chi connectivity index (χ2v) is 5.29. The molecule has 0 saturated carbocycles. The predicted molar refractivity (Wildman–Crippen MR) is 84.3 cm³/mol. The number of hydrogen-bond acceptors (Lipinski definition) is 2. The number of halogens is 1. The predicted octanol–water partition coefficient (Wildman–Crippen LogP) is 3.60. The van der Waals surface area contributed by atoms with Crippen LogP contribution in [-0.4, -0.2) is 19.7 Å². The molecule has 3 heteroatoms. The van der Waals surface area contributed by atoms with Crippen molar-refractivity contribution in [1.82, 2.24) is 5.32 Å². The maximum Gasteiger partial charge on any atom is 0.123 e. The average molecular weight is 287 g/mol.